The Kier molecular flexibility index (Phi) is 11.9. The molecule has 59 heavy (non-hydrogen) atoms. The van der Waals surface area contributed by atoms with E-state index in [9.17, 15) is 13.2 Å². The monoisotopic (exact) mass is 849 g/mol. The van der Waals surface area contributed by atoms with Crippen LogP contribution in [0.5, 0.6) is 5.75 Å². The zero-order chi connectivity index (χ0) is 41.1. The lowest BCUT2D eigenvalue weighted by atomic mass is 9.51. The van der Waals surface area contributed by atoms with E-state index in [1.54, 1.807) is 6.92 Å². The average Bonchev–Trinajstić information content (AvgIpc) is 3.96. The summed E-state index contributed by atoms with van der Waals surface area (Å²) in [7, 11) is 0.183. The third-order valence-corrected chi connectivity index (χ3v) is 18.6. The average molecular weight is 851 g/mol. The zero-order valence-corrected chi connectivity index (χ0v) is 37.6. The summed E-state index contributed by atoms with van der Waals surface area (Å²) in [4.78, 5) is 19.2. The molecular weight excluding hydrogens is 782 g/mol. The number of rotatable bonds is 5. The number of carbonyl (C=O) groups is 1. The molecule has 5 fully saturated rings. The van der Waals surface area contributed by atoms with E-state index in [-0.39, 0.29) is 23.3 Å². The molecule has 2 aromatic carbocycles. The van der Waals surface area contributed by atoms with Crippen molar-refractivity contribution in [3.63, 3.8) is 0 Å². The largest absolute Gasteiger partial charge is 0.486 e. The van der Waals surface area contributed by atoms with Crippen molar-refractivity contribution in [2.45, 2.75) is 146 Å². The molecule has 9 nitrogen and oxygen atoms in total. The third kappa shape index (κ3) is 8.21. The summed E-state index contributed by atoms with van der Waals surface area (Å²) < 4.78 is 51.8. The highest BCUT2D eigenvalue weighted by molar-refractivity contribution is 7.90. The Balaban J connectivity index is 1.16. The molecule has 1 saturated heterocycles. The number of aryl methyl sites for hydroxylation is 1. The van der Waals surface area contributed by atoms with Gasteiger partial charge in [0.2, 0.25) is 10.0 Å². The quantitative estimate of drug-likeness (QED) is 0.318. The number of benzene rings is 2. The maximum Gasteiger partial charge on any atom is 0.264 e. The molecule has 3 heterocycles. The molecule has 1 amide bonds. The van der Waals surface area contributed by atoms with Gasteiger partial charge in [-0.05, 0) is 157 Å². The smallest absolute Gasteiger partial charge is 0.264 e. The molecule has 1 N–H and O–H groups in total. The van der Waals surface area contributed by atoms with Gasteiger partial charge in [-0.3, -0.25) is 4.79 Å². The first-order valence-corrected chi connectivity index (χ1v) is 25.1. The number of nitrogens with zero attached hydrogens (tertiary/aromatic N) is 2. The van der Waals surface area contributed by atoms with Crippen molar-refractivity contribution in [2.75, 3.05) is 45.3 Å². The van der Waals surface area contributed by atoms with E-state index in [1.165, 1.54) is 37.7 Å². The second-order valence-corrected chi connectivity index (χ2v) is 22.6. The van der Waals surface area contributed by atoms with Crippen LogP contribution in [0.25, 0.3) is 0 Å². The van der Waals surface area contributed by atoms with Gasteiger partial charge in [-0.2, -0.15) is 0 Å². The van der Waals surface area contributed by atoms with Gasteiger partial charge in [0.25, 0.3) is 5.91 Å². The summed E-state index contributed by atoms with van der Waals surface area (Å²) in [5.41, 5.74) is 4.73. The van der Waals surface area contributed by atoms with Crippen LogP contribution in [0.3, 0.4) is 0 Å². The molecule has 11 heteroatoms. The Morgan fingerprint density at radius 1 is 0.898 bits per heavy atom. The van der Waals surface area contributed by atoms with Crippen molar-refractivity contribution in [2.24, 2.45) is 35.5 Å². The highest BCUT2D eigenvalue weighted by atomic mass is 35.5. The Labute approximate surface area is 358 Å². The summed E-state index contributed by atoms with van der Waals surface area (Å²) in [6, 6.07) is 10.4. The molecule has 7 atom stereocenters. The van der Waals surface area contributed by atoms with Crippen LogP contribution in [0.15, 0.2) is 30.3 Å². The lowest BCUT2D eigenvalue weighted by molar-refractivity contribution is -0.329. The number of hydrogen-bond donors (Lipinski definition) is 1. The van der Waals surface area contributed by atoms with E-state index in [0.717, 1.165) is 111 Å². The predicted molar refractivity (Wildman–Crippen MR) is 234 cm³/mol. The lowest BCUT2D eigenvalue weighted by Crippen LogP contribution is -2.59. The summed E-state index contributed by atoms with van der Waals surface area (Å²) >= 11 is 6.58. The van der Waals surface area contributed by atoms with Crippen LogP contribution in [-0.4, -0.2) is 76.7 Å². The second kappa shape index (κ2) is 16.7. The van der Waals surface area contributed by atoms with Crippen molar-refractivity contribution in [1.29, 1.82) is 0 Å². The van der Waals surface area contributed by atoms with Crippen molar-refractivity contribution in [3.05, 3.63) is 57.6 Å². The van der Waals surface area contributed by atoms with Gasteiger partial charge >= 0.3 is 0 Å². The summed E-state index contributed by atoms with van der Waals surface area (Å²) in [6.45, 7) is 6.97. The van der Waals surface area contributed by atoms with Crippen molar-refractivity contribution < 1.29 is 27.4 Å². The number of amides is 1. The third-order valence-electron chi connectivity index (χ3n) is 16.5. The summed E-state index contributed by atoms with van der Waals surface area (Å²) in [5, 5.41) is -0.00373. The van der Waals surface area contributed by atoms with Crippen LogP contribution in [0, 0.1) is 35.5 Å². The lowest BCUT2D eigenvalue weighted by Gasteiger charge is -2.54. The van der Waals surface area contributed by atoms with Gasteiger partial charge in [-0.25, -0.2) is 13.1 Å². The number of carbonyl (C=O) groups excluding carboxylic acids is 1. The fourth-order valence-electron chi connectivity index (χ4n) is 12.2. The minimum Gasteiger partial charge on any atom is -0.486 e. The molecule has 1 spiro atoms. The number of hydrogen-bond acceptors (Lipinski definition) is 8. The zero-order valence-electron chi connectivity index (χ0n) is 36.0. The molecular formula is C48H68ClN3O6S. The van der Waals surface area contributed by atoms with Gasteiger partial charge in [0.1, 0.15) is 12.4 Å². The van der Waals surface area contributed by atoms with Crippen molar-refractivity contribution in [3.8, 4) is 5.75 Å². The molecule has 324 valence electrons. The Bertz CT molecular complexity index is 1980. The van der Waals surface area contributed by atoms with Gasteiger partial charge in [0.15, 0.2) is 5.79 Å². The molecule has 3 aliphatic heterocycles. The molecule has 4 aliphatic carbocycles. The highest BCUT2D eigenvalue weighted by Crippen LogP contribution is 2.66. The van der Waals surface area contributed by atoms with Crippen LogP contribution < -0.4 is 14.4 Å². The first-order chi connectivity index (χ1) is 28.4. The van der Waals surface area contributed by atoms with E-state index in [4.69, 9.17) is 25.8 Å². The van der Waals surface area contributed by atoms with E-state index >= 15 is 0 Å². The molecule has 7 aliphatic rings. The summed E-state index contributed by atoms with van der Waals surface area (Å²) in [6.07, 6.45) is 17.0. The van der Waals surface area contributed by atoms with Crippen molar-refractivity contribution in [1.82, 2.24) is 9.62 Å². The number of nitrogens with one attached hydrogen (secondary N) is 1. The summed E-state index contributed by atoms with van der Waals surface area (Å²) in [5.74, 6) is 2.14. The Hall–Kier alpha value is -2.37. The first kappa shape index (κ1) is 42.0. The molecule has 4 saturated carbocycles. The standard InChI is InChI=1S/C48H68ClN3O6S/c1-31-9-7-21-48(57-29-40(30-58-48)51(3)4)42-19-17-36(42)27-52-22-6-5-10-34-23-39(49)18-16-37(34)28-56-45-43(24-38(25-44(45)52)46(53)50-59(54,55)32(31)2)47-20-8-11-41(47)35(26-47)15-14-33-12-13-33/h16,18,23-25,31-33,35-36,40-42H,5-15,17,19-22,26-30H2,1-4H3,(H,50,53)/t31-,32+,35?,36-,40-,41?,42+,47?,48-/m0/s1. The second-order valence-electron chi connectivity index (χ2n) is 20.2. The number of sulfonamides is 1. The van der Waals surface area contributed by atoms with E-state index in [1.807, 2.05) is 25.1 Å². The highest BCUT2D eigenvalue weighted by Gasteiger charge is 2.58. The molecule has 3 unspecified atom stereocenters. The molecule has 9 rings (SSSR count). The maximum absolute atomic E-state index is 14.5. The normalized spacial score (nSPS) is 36.2. The first-order valence-electron chi connectivity index (χ1n) is 23.2. The minimum absolute atomic E-state index is 0.0966. The maximum atomic E-state index is 14.5. The fourth-order valence-corrected chi connectivity index (χ4v) is 13.7. The van der Waals surface area contributed by atoms with E-state index in [0.29, 0.717) is 49.6 Å². The van der Waals surface area contributed by atoms with Crippen molar-refractivity contribution >= 4 is 33.2 Å². The molecule has 0 aromatic heterocycles. The molecule has 2 aromatic rings. The SMILES string of the molecule is C[C@@H]1[C@@H](C)CCC[C@]2(OC[C@@H](N(C)C)CO2)[C@@H]2CC[C@H]2CN2CCCCc3cc(Cl)ccc3COc3c2cc(cc3C23CCCC2C(CCC2CC2)C3)C(=O)NS1(=O)=O. The minimum atomic E-state index is -3.98. The Morgan fingerprint density at radius 3 is 2.44 bits per heavy atom. The fraction of sp³-hybridized carbons (Fsp3) is 0.729. The van der Waals surface area contributed by atoms with Gasteiger partial charge in [0, 0.05) is 47.0 Å². The topological polar surface area (TPSA) is 97.4 Å². The van der Waals surface area contributed by atoms with Gasteiger partial charge in [0.05, 0.1) is 30.2 Å². The predicted octanol–water partition coefficient (Wildman–Crippen LogP) is 9.28. The van der Waals surface area contributed by atoms with Gasteiger partial charge in [-0.1, -0.05) is 50.3 Å². The van der Waals surface area contributed by atoms with Crippen LogP contribution >= 0.6 is 11.6 Å². The van der Waals surface area contributed by atoms with Crippen LogP contribution in [0.1, 0.15) is 137 Å². The van der Waals surface area contributed by atoms with Crippen LogP contribution in [-0.2, 0) is 37.9 Å². The van der Waals surface area contributed by atoms with Crippen LogP contribution in [0.4, 0.5) is 5.69 Å². The number of anilines is 1. The van der Waals surface area contributed by atoms with E-state index in [2.05, 4.69) is 40.7 Å². The number of ether oxygens (including phenoxy) is 3. The van der Waals surface area contributed by atoms with Gasteiger partial charge < -0.3 is 24.0 Å². The number of halogens is 1. The van der Waals surface area contributed by atoms with Crippen LogP contribution in [0.2, 0.25) is 5.02 Å². The number of fused-ring (bicyclic) bond motifs is 5. The number of likely N-dealkylation sites (N-methyl/N-ethyl adjacent to an activating group) is 1. The van der Waals surface area contributed by atoms with Gasteiger partial charge in [-0.15, -0.1) is 0 Å². The molecule has 2 bridgehead atoms. The Morgan fingerprint density at radius 2 is 1.69 bits per heavy atom. The van der Waals surface area contributed by atoms with E-state index < -0.39 is 27.0 Å². The molecule has 0 radical (unpaired) electrons.